The van der Waals surface area contributed by atoms with Gasteiger partial charge >= 0.3 is 11.9 Å². The third-order valence-corrected chi connectivity index (χ3v) is 3.43. The van der Waals surface area contributed by atoms with Gasteiger partial charge < -0.3 is 18.9 Å². The van der Waals surface area contributed by atoms with E-state index >= 15 is 0 Å². The number of hydrogen-bond acceptors (Lipinski definition) is 6. The molecule has 0 saturated heterocycles. The fourth-order valence-corrected chi connectivity index (χ4v) is 2.16. The second-order valence-corrected chi connectivity index (χ2v) is 5.94. The summed E-state index contributed by atoms with van der Waals surface area (Å²) in [7, 11) is 0. The summed E-state index contributed by atoms with van der Waals surface area (Å²) in [6, 6.07) is 12.9. The Morgan fingerprint density at radius 3 is 1.93 bits per heavy atom. The molecule has 0 aromatic heterocycles. The molecule has 0 aliphatic heterocycles. The van der Waals surface area contributed by atoms with Crippen molar-refractivity contribution in [1.29, 1.82) is 0 Å². The Kier molecular flexibility index (Phi) is 7.82. The zero-order chi connectivity index (χ0) is 19.6. The predicted molar refractivity (Wildman–Crippen MR) is 100 cm³/mol. The lowest BCUT2D eigenvalue weighted by Gasteiger charge is -2.09. The zero-order valence-electron chi connectivity index (χ0n) is 15.8. The van der Waals surface area contributed by atoms with E-state index in [0.29, 0.717) is 42.4 Å². The van der Waals surface area contributed by atoms with Crippen molar-refractivity contribution in [3.63, 3.8) is 0 Å². The molecule has 6 nitrogen and oxygen atoms in total. The number of rotatable bonds is 9. The minimum absolute atomic E-state index is 0.193. The molecule has 0 fully saturated rings. The van der Waals surface area contributed by atoms with Crippen LogP contribution in [0.5, 0.6) is 11.5 Å². The molecule has 0 bridgehead atoms. The van der Waals surface area contributed by atoms with Crippen molar-refractivity contribution in [3.8, 4) is 11.5 Å². The van der Waals surface area contributed by atoms with E-state index in [4.69, 9.17) is 18.9 Å². The Hall–Kier alpha value is -2.86. The van der Waals surface area contributed by atoms with Crippen molar-refractivity contribution < 1.29 is 28.5 Å². The van der Waals surface area contributed by atoms with Crippen molar-refractivity contribution in [2.45, 2.75) is 26.9 Å². The molecule has 0 radical (unpaired) electrons. The maximum atomic E-state index is 12.2. The molecule has 0 atom stereocenters. The van der Waals surface area contributed by atoms with Crippen LogP contribution in [0.25, 0.3) is 0 Å². The molecule has 0 aliphatic carbocycles. The summed E-state index contributed by atoms with van der Waals surface area (Å²) < 4.78 is 21.1. The molecular weight excluding hydrogens is 348 g/mol. The highest BCUT2D eigenvalue weighted by molar-refractivity contribution is 5.92. The average molecular weight is 372 g/mol. The highest BCUT2D eigenvalue weighted by atomic mass is 16.5. The third-order valence-electron chi connectivity index (χ3n) is 3.43. The van der Waals surface area contributed by atoms with Crippen molar-refractivity contribution in [3.05, 3.63) is 59.7 Å². The molecule has 27 heavy (non-hydrogen) atoms. The smallest absolute Gasteiger partial charge is 0.343 e. The summed E-state index contributed by atoms with van der Waals surface area (Å²) in [5.41, 5.74) is 0.799. The molecule has 0 saturated carbocycles. The molecule has 144 valence electrons. The maximum Gasteiger partial charge on any atom is 0.343 e. The Bertz CT molecular complexity index is 734. The molecule has 6 heteroatoms. The van der Waals surface area contributed by atoms with Gasteiger partial charge in [0.1, 0.15) is 18.1 Å². The van der Waals surface area contributed by atoms with Crippen LogP contribution in [-0.4, -0.2) is 37.9 Å². The molecular formula is C21H24O6. The second-order valence-electron chi connectivity index (χ2n) is 5.94. The molecule has 0 amide bonds. The van der Waals surface area contributed by atoms with E-state index < -0.39 is 11.9 Å². The van der Waals surface area contributed by atoms with Gasteiger partial charge in [0.15, 0.2) is 0 Å². The third kappa shape index (κ3) is 6.75. The highest BCUT2D eigenvalue weighted by Gasteiger charge is 2.12. The van der Waals surface area contributed by atoms with Gasteiger partial charge in [0.2, 0.25) is 0 Å². The SMILES string of the molecule is CCOCCOc1ccc(C(=O)Oc2ccc(C(=O)OC(C)C)cc2)cc1. The maximum absolute atomic E-state index is 12.2. The first-order valence-electron chi connectivity index (χ1n) is 8.83. The lowest BCUT2D eigenvalue weighted by atomic mass is 10.2. The predicted octanol–water partition coefficient (Wildman–Crippen LogP) is 3.89. The van der Waals surface area contributed by atoms with Gasteiger partial charge in [0, 0.05) is 6.61 Å². The number of esters is 2. The Labute approximate surface area is 159 Å². The van der Waals surface area contributed by atoms with Gasteiger partial charge in [-0.2, -0.15) is 0 Å². The highest BCUT2D eigenvalue weighted by Crippen LogP contribution is 2.17. The van der Waals surface area contributed by atoms with Gasteiger partial charge in [0.05, 0.1) is 23.8 Å². The lowest BCUT2D eigenvalue weighted by molar-refractivity contribution is 0.0378. The van der Waals surface area contributed by atoms with Crippen LogP contribution in [0.15, 0.2) is 48.5 Å². The van der Waals surface area contributed by atoms with Gasteiger partial charge in [-0.25, -0.2) is 9.59 Å². The van der Waals surface area contributed by atoms with Crippen LogP contribution in [0, 0.1) is 0 Å². The zero-order valence-corrected chi connectivity index (χ0v) is 15.8. The molecule has 0 heterocycles. The number of hydrogen-bond donors (Lipinski definition) is 0. The van der Waals surface area contributed by atoms with Crippen LogP contribution in [-0.2, 0) is 9.47 Å². The minimum Gasteiger partial charge on any atom is -0.491 e. The van der Waals surface area contributed by atoms with Crippen LogP contribution >= 0.6 is 0 Å². The van der Waals surface area contributed by atoms with Crippen LogP contribution in [0.2, 0.25) is 0 Å². The lowest BCUT2D eigenvalue weighted by Crippen LogP contribution is -2.12. The molecule has 0 unspecified atom stereocenters. The van der Waals surface area contributed by atoms with Crippen LogP contribution in [0.3, 0.4) is 0 Å². The summed E-state index contributed by atoms with van der Waals surface area (Å²) >= 11 is 0. The molecule has 2 aromatic carbocycles. The van der Waals surface area contributed by atoms with Crippen molar-refractivity contribution in [1.82, 2.24) is 0 Å². The molecule has 0 aliphatic rings. The van der Waals surface area contributed by atoms with Gasteiger partial charge in [-0.05, 0) is 69.3 Å². The standard InChI is InChI=1S/C21H24O6/c1-4-24-13-14-25-18-9-5-17(6-10-18)21(23)27-19-11-7-16(8-12-19)20(22)26-15(2)3/h5-12,15H,4,13-14H2,1-3H3. The average Bonchev–Trinajstić information content (AvgIpc) is 2.65. The number of carbonyl (C=O) groups is 2. The van der Waals surface area contributed by atoms with Crippen molar-refractivity contribution in [2.75, 3.05) is 19.8 Å². The molecule has 0 spiro atoms. The Morgan fingerprint density at radius 2 is 1.37 bits per heavy atom. The Morgan fingerprint density at radius 1 is 0.815 bits per heavy atom. The largest absolute Gasteiger partial charge is 0.491 e. The summed E-state index contributed by atoms with van der Waals surface area (Å²) in [5, 5.41) is 0. The van der Waals surface area contributed by atoms with E-state index in [9.17, 15) is 9.59 Å². The van der Waals surface area contributed by atoms with E-state index in [2.05, 4.69) is 0 Å². The van der Waals surface area contributed by atoms with Crippen LogP contribution in [0.4, 0.5) is 0 Å². The van der Waals surface area contributed by atoms with E-state index in [1.165, 1.54) is 0 Å². The van der Waals surface area contributed by atoms with Gasteiger partial charge in [-0.1, -0.05) is 0 Å². The first-order chi connectivity index (χ1) is 13.0. The first kappa shape index (κ1) is 20.5. The Balaban J connectivity index is 1.90. The number of carbonyl (C=O) groups excluding carboxylic acids is 2. The topological polar surface area (TPSA) is 71.1 Å². The van der Waals surface area contributed by atoms with E-state index in [1.54, 1.807) is 62.4 Å². The number of benzene rings is 2. The summed E-state index contributed by atoms with van der Waals surface area (Å²) in [6.07, 6.45) is -0.193. The van der Waals surface area contributed by atoms with E-state index in [0.717, 1.165) is 0 Å². The fraction of sp³-hybridized carbons (Fsp3) is 0.333. The van der Waals surface area contributed by atoms with E-state index in [-0.39, 0.29) is 6.10 Å². The van der Waals surface area contributed by atoms with Crippen LogP contribution < -0.4 is 9.47 Å². The number of ether oxygens (including phenoxy) is 4. The normalized spacial score (nSPS) is 10.5. The summed E-state index contributed by atoms with van der Waals surface area (Å²) in [6.45, 7) is 7.09. The quantitative estimate of drug-likeness (QED) is 0.378. The van der Waals surface area contributed by atoms with Crippen molar-refractivity contribution in [2.24, 2.45) is 0 Å². The minimum atomic E-state index is -0.492. The summed E-state index contributed by atoms with van der Waals surface area (Å²) in [5.74, 6) is 0.0913. The van der Waals surface area contributed by atoms with Gasteiger partial charge in [0.25, 0.3) is 0 Å². The van der Waals surface area contributed by atoms with Crippen molar-refractivity contribution >= 4 is 11.9 Å². The van der Waals surface area contributed by atoms with Gasteiger partial charge in [-0.15, -0.1) is 0 Å². The van der Waals surface area contributed by atoms with Gasteiger partial charge in [-0.3, -0.25) is 0 Å². The molecule has 2 rings (SSSR count). The molecule has 2 aromatic rings. The van der Waals surface area contributed by atoms with E-state index in [1.807, 2.05) is 6.92 Å². The molecule has 0 N–H and O–H groups in total. The monoisotopic (exact) mass is 372 g/mol. The van der Waals surface area contributed by atoms with Crippen LogP contribution in [0.1, 0.15) is 41.5 Å². The second kappa shape index (κ2) is 10.3. The first-order valence-corrected chi connectivity index (χ1v) is 8.83. The fourth-order valence-electron chi connectivity index (χ4n) is 2.16. The summed E-state index contributed by atoms with van der Waals surface area (Å²) in [4.78, 5) is 24.0.